The first-order chi connectivity index (χ1) is 8.79. The van der Waals surface area contributed by atoms with E-state index in [1.807, 2.05) is 31.2 Å². The van der Waals surface area contributed by atoms with Gasteiger partial charge in [0.1, 0.15) is 5.92 Å². The Balaban J connectivity index is 2.42. The lowest BCUT2D eigenvalue weighted by molar-refractivity contribution is -0.121. The fraction of sp³-hybridized carbons (Fsp3) is 0.429. The predicted molar refractivity (Wildman–Crippen MR) is 68.9 cm³/mol. The number of carbonyl (C=O) groups is 1. The molecule has 0 radical (unpaired) electrons. The maximum absolute atomic E-state index is 11.8. The molecule has 4 nitrogen and oxygen atoms in total. The minimum atomic E-state index is -0.738. The van der Waals surface area contributed by atoms with Crippen LogP contribution in [0.15, 0.2) is 30.3 Å². The molecule has 0 aliphatic carbocycles. The molecule has 0 saturated carbocycles. The highest BCUT2D eigenvalue weighted by atomic mass is 16.5. The summed E-state index contributed by atoms with van der Waals surface area (Å²) in [6.45, 7) is 3.77. The van der Waals surface area contributed by atoms with Gasteiger partial charge in [-0.15, -0.1) is 0 Å². The summed E-state index contributed by atoms with van der Waals surface area (Å²) in [5.41, 5.74) is 0.724. The molecule has 1 rings (SSSR count). The van der Waals surface area contributed by atoms with Gasteiger partial charge in [0.2, 0.25) is 5.91 Å². The van der Waals surface area contributed by atoms with E-state index in [0.29, 0.717) is 19.8 Å². The quantitative estimate of drug-likeness (QED) is 0.747. The molecule has 18 heavy (non-hydrogen) atoms. The number of nitrogens with zero attached hydrogens (tertiary/aromatic N) is 1. The van der Waals surface area contributed by atoms with E-state index in [9.17, 15) is 4.79 Å². The van der Waals surface area contributed by atoms with Gasteiger partial charge in [-0.05, 0) is 18.9 Å². The molecule has 1 atom stereocenters. The van der Waals surface area contributed by atoms with Gasteiger partial charge in [-0.3, -0.25) is 4.79 Å². The number of benzene rings is 1. The fourth-order valence-electron chi connectivity index (χ4n) is 1.56. The van der Waals surface area contributed by atoms with Gasteiger partial charge in [-0.2, -0.15) is 5.26 Å². The summed E-state index contributed by atoms with van der Waals surface area (Å²) in [4.78, 5) is 11.8. The lowest BCUT2D eigenvalue weighted by Crippen LogP contribution is -2.30. The van der Waals surface area contributed by atoms with E-state index in [2.05, 4.69) is 5.32 Å². The van der Waals surface area contributed by atoms with Crippen molar-refractivity contribution in [1.82, 2.24) is 5.32 Å². The van der Waals surface area contributed by atoms with Gasteiger partial charge in [0.05, 0.1) is 6.07 Å². The first-order valence-corrected chi connectivity index (χ1v) is 6.09. The number of hydrogen-bond donors (Lipinski definition) is 1. The first kappa shape index (κ1) is 14.2. The van der Waals surface area contributed by atoms with Gasteiger partial charge in [-0.1, -0.05) is 30.3 Å². The van der Waals surface area contributed by atoms with Gasteiger partial charge in [0.15, 0.2) is 0 Å². The summed E-state index contributed by atoms with van der Waals surface area (Å²) in [5, 5.41) is 11.8. The number of rotatable bonds is 7. The largest absolute Gasteiger partial charge is 0.382 e. The third-order valence-electron chi connectivity index (χ3n) is 2.49. The Labute approximate surface area is 108 Å². The Morgan fingerprint density at radius 1 is 1.44 bits per heavy atom. The van der Waals surface area contributed by atoms with Gasteiger partial charge in [0.25, 0.3) is 0 Å². The van der Waals surface area contributed by atoms with Gasteiger partial charge in [0, 0.05) is 19.8 Å². The number of hydrogen-bond acceptors (Lipinski definition) is 3. The second kappa shape index (κ2) is 8.26. The van der Waals surface area contributed by atoms with Crippen molar-refractivity contribution in [3.05, 3.63) is 35.9 Å². The molecule has 0 aromatic heterocycles. The maximum Gasteiger partial charge on any atom is 0.241 e. The molecule has 96 valence electrons. The van der Waals surface area contributed by atoms with Crippen molar-refractivity contribution >= 4 is 5.91 Å². The molecule has 0 aliphatic rings. The van der Waals surface area contributed by atoms with Gasteiger partial charge >= 0.3 is 0 Å². The molecule has 0 bridgehead atoms. The Morgan fingerprint density at radius 3 is 2.78 bits per heavy atom. The summed E-state index contributed by atoms with van der Waals surface area (Å²) in [6.07, 6.45) is 0.756. The van der Waals surface area contributed by atoms with E-state index in [-0.39, 0.29) is 5.91 Å². The number of carbonyl (C=O) groups excluding carboxylic acids is 1. The second-order valence-electron chi connectivity index (χ2n) is 3.81. The maximum atomic E-state index is 11.8. The van der Waals surface area contributed by atoms with Crippen LogP contribution in [0, 0.1) is 11.3 Å². The van der Waals surface area contributed by atoms with Crippen LogP contribution < -0.4 is 5.32 Å². The van der Waals surface area contributed by atoms with E-state index < -0.39 is 5.92 Å². The van der Waals surface area contributed by atoms with Crippen LogP contribution in [0.5, 0.6) is 0 Å². The van der Waals surface area contributed by atoms with E-state index >= 15 is 0 Å². The van der Waals surface area contributed by atoms with Crippen molar-refractivity contribution in [3.63, 3.8) is 0 Å². The molecule has 1 aromatic rings. The molecule has 1 N–H and O–H groups in total. The molecule has 0 spiro atoms. The van der Waals surface area contributed by atoms with Crippen LogP contribution in [-0.2, 0) is 9.53 Å². The average molecular weight is 246 g/mol. The molecule has 1 aromatic carbocycles. The standard InChI is InChI=1S/C14H18N2O2/c1-2-18-10-6-9-16-14(17)13(11-15)12-7-4-3-5-8-12/h3-5,7-8,13H,2,6,9-10H2,1H3,(H,16,17). The van der Waals surface area contributed by atoms with E-state index in [0.717, 1.165) is 12.0 Å². The van der Waals surface area contributed by atoms with Crippen LogP contribution in [0.3, 0.4) is 0 Å². The zero-order valence-corrected chi connectivity index (χ0v) is 10.6. The van der Waals surface area contributed by atoms with E-state index in [1.165, 1.54) is 0 Å². The van der Waals surface area contributed by atoms with Crippen LogP contribution in [0.4, 0.5) is 0 Å². The summed E-state index contributed by atoms with van der Waals surface area (Å²) >= 11 is 0. The molecule has 0 saturated heterocycles. The van der Waals surface area contributed by atoms with E-state index in [4.69, 9.17) is 10.00 Å². The highest BCUT2D eigenvalue weighted by molar-refractivity contribution is 5.86. The average Bonchev–Trinajstić information content (AvgIpc) is 2.40. The molecular weight excluding hydrogens is 228 g/mol. The topological polar surface area (TPSA) is 62.1 Å². The second-order valence-corrected chi connectivity index (χ2v) is 3.81. The smallest absolute Gasteiger partial charge is 0.241 e. The van der Waals surface area contributed by atoms with Crippen molar-refractivity contribution in [2.45, 2.75) is 19.3 Å². The fourth-order valence-corrected chi connectivity index (χ4v) is 1.56. The predicted octanol–water partition coefficient (Wildman–Crippen LogP) is 1.84. The molecule has 1 amide bonds. The normalized spacial score (nSPS) is 11.6. The highest BCUT2D eigenvalue weighted by Gasteiger charge is 2.18. The molecule has 0 aliphatic heterocycles. The molecular formula is C14H18N2O2. The number of nitrogens with one attached hydrogen (secondary N) is 1. The molecule has 0 fully saturated rings. The number of nitriles is 1. The minimum Gasteiger partial charge on any atom is -0.382 e. The van der Waals surface area contributed by atoms with Crippen molar-refractivity contribution in [2.75, 3.05) is 19.8 Å². The third kappa shape index (κ3) is 4.56. The summed E-state index contributed by atoms with van der Waals surface area (Å²) in [7, 11) is 0. The summed E-state index contributed by atoms with van der Waals surface area (Å²) in [5.74, 6) is -0.988. The van der Waals surface area contributed by atoms with Crippen molar-refractivity contribution in [2.24, 2.45) is 0 Å². The van der Waals surface area contributed by atoms with Crippen molar-refractivity contribution < 1.29 is 9.53 Å². The van der Waals surface area contributed by atoms with Crippen LogP contribution in [0.2, 0.25) is 0 Å². The lowest BCUT2D eigenvalue weighted by Gasteiger charge is -2.10. The number of ether oxygens (including phenoxy) is 1. The van der Waals surface area contributed by atoms with Crippen LogP contribution >= 0.6 is 0 Å². The number of amides is 1. The molecule has 1 unspecified atom stereocenters. The zero-order valence-electron chi connectivity index (χ0n) is 10.6. The monoisotopic (exact) mass is 246 g/mol. The van der Waals surface area contributed by atoms with Gasteiger partial charge in [-0.25, -0.2) is 0 Å². The Bertz CT molecular complexity index is 398. The lowest BCUT2D eigenvalue weighted by atomic mass is 10.00. The van der Waals surface area contributed by atoms with E-state index in [1.54, 1.807) is 12.1 Å². The molecule has 4 heteroatoms. The van der Waals surface area contributed by atoms with Gasteiger partial charge < -0.3 is 10.1 Å². The third-order valence-corrected chi connectivity index (χ3v) is 2.49. The highest BCUT2D eigenvalue weighted by Crippen LogP contribution is 2.14. The van der Waals surface area contributed by atoms with Crippen LogP contribution in [0.25, 0.3) is 0 Å². The SMILES string of the molecule is CCOCCCNC(=O)C(C#N)c1ccccc1. The van der Waals surface area contributed by atoms with Crippen molar-refractivity contribution in [1.29, 1.82) is 5.26 Å². The molecule has 0 heterocycles. The summed E-state index contributed by atoms with van der Waals surface area (Å²) in [6, 6.07) is 11.1. The van der Waals surface area contributed by atoms with Crippen molar-refractivity contribution in [3.8, 4) is 6.07 Å². The Hall–Kier alpha value is -1.86. The first-order valence-electron chi connectivity index (χ1n) is 6.09. The summed E-state index contributed by atoms with van der Waals surface area (Å²) < 4.78 is 5.17. The Kier molecular flexibility index (Phi) is 6.52. The minimum absolute atomic E-state index is 0.250. The van der Waals surface area contributed by atoms with Crippen LogP contribution in [-0.4, -0.2) is 25.7 Å². The zero-order chi connectivity index (χ0) is 13.2. The van der Waals surface area contributed by atoms with Crippen LogP contribution in [0.1, 0.15) is 24.8 Å². The Morgan fingerprint density at radius 2 is 2.17 bits per heavy atom.